The molecule has 9 heteroatoms. The van der Waals surface area contributed by atoms with Crippen LogP contribution in [0.4, 0.5) is 10.1 Å². The van der Waals surface area contributed by atoms with Gasteiger partial charge in [-0.1, -0.05) is 55.5 Å². The van der Waals surface area contributed by atoms with Gasteiger partial charge in [-0.2, -0.15) is 0 Å². The highest BCUT2D eigenvalue weighted by atomic mass is 32.2. The van der Waals surface area contributed by atoms with Crippen LogP contribution < -0.4 is 16.6 Å². The van der Waals surface area contributed by atoms with E-state index in [0.29, 0.717) is 27.9 Å². The van der Waals surface area contributed by atoms with Crippen molar-refractivity contribution in [2.45, 2.75) is 23.9 Å². The molecule has 6 N–H and O–H groups in total. The van der Waals surface area contributed by atoms with Gasteiger partial charge in [0.1, 0.15) is 5.84 Å². The molecule has 0 bridgehead atoms. The Morgan fingerprint density at radius 3 is 2.25 bits per heavy atom. The maximum Gasteiger partial charge on any atom is 0.252 e. The Morgan fingerprint density at radius 1 is 0.969 bits per heavy atom. The first-order valence-corrected chi connectivity index (χ1v) is 11.2. The summed E-state index contributed by atoms with van der Waals surface area (Å²) in [5.41, 5.74) is 14.0. The molecule has 0 heterocycles. The molecule has 2 unspecified atom stereocenters. The van der Waals surface area contributed by atoms with Crippen LogP contribution in [-0.4, -0.2) is 26.3 Å². The van der Waals surface area contributed by atoms with Crippen molar-refractivity contribution in [3.8, 4) is 11.1 Å². The fourth-order valence-corrected chi connectivity index (χ4v) is 4.03. The van der Waals surface area contributed by atoms with E-state index in [1.807, 2.05) is 0 Å². The number of hydrogen-bond donors (Lipinski definition) is 3. The van der Waals surface area contributed by atoms with Gasteiger partial charge in [0.2, 0.25) is 10.0 Å². The first-order chi connectivity index (χ1) is 15.1. The van der Waals surface area contributed by atoms with Gasteiger partial charge in [-0.15, -0.1) is 0 Å². The molecule has 0 aliphatic heterocycles. The minimum Gasteiger partial charge on any atom is -0.383 e. The van der Waals surface area contributed by atoms with Crippen molar-refractivity contribution in [2.75, 3.05) is 0 Å². The molecule has 0 spiro atoms. The summed E-state index contributed by atoms with van der Waals surface area (Å²) in [6.07, 6.45) is -1.81. The van der Waals surface area contributed by atoms with Crippen molar-refractivity contribution in [3.63, 3.8) is 0 Å². The van der Waals surface area contributed by atoms with E-state index in [9.17, 15) is 17.6 Å². The second-order valence-electron chi connectivity index (χ2n) is 7.30. The molecule has 7 nitrogen and oxygen atoms in total. The van der Waals surface area contributed by atoms with Gasteiger partial charge >= 0.3 is 0 Å². The lowest BCUT2D eigenvalue weighted by Gasteiger charge is -2.15. The number of benzene rings is 3. The number of aliphatic imine (C=N–C) groups is 1. The molecule has 32 heavy (non-hydrogen) atoms. The van der Waals surface area contributed by atoms with Crippen LogP contribution in [0.5, 0.6) is 0 Å². The Morgan fingerprint density at radius 2 is 1.62 bits per heavy atom. The van der Waals surface area contributed by atoms with Crippen molar-refractivity contribution < 1.29 is 17.6 Å². The number of carbonyl (C=O) groups excluding carboxylic acids is 1. The average Bonchev–Trinajstić information content (AvgIpc) is 2.78. The third-order valence-electron chi connectivity index (χ3n) is 5.04. The zero-order valence-electron chi connectivity index (χ0n) is 17.3. The molecule has 0 aromatic heterocycles. The molecule has 0 fully saturated rings. The van der Waals surface area contributed by atoms with Gasteiger partial charge in [-0.3, -0.25) is 4.79 Å². The summed E-state index contributed by atoms with van der Waals surface area (Å²) in [5.74, 6) is -1.54. The Hall–Kier alpha value is -3.56. The summed E-state index contributed by atoms with van der Waals surface area (Å²) in [5, 5.41) is 5.31. The van der Waals surface area contributed by atoms with Crippen molar-refractivity contribution in [2.24, 2.45) is 21.6 Å². The van der Waals surface area contributed by atoms with E-state index in [0.717, 1.165) is 0 Å². The second-order valence-corrected chi connectivity index (χ2v) is 8.83. The number of amidine groups is 1. The minimum atomic E-state index is -3.87. The number of amides is 1. The van der Waals surface area contributed by atoms with Gasteiger partial charge in [0.05, 0.1) is 10.6 Å². The van der Waals surface area contributed by atoms with E-state index in [1.165, 1.54) is 6.07 Å². The third kappa shape index (κ3) is 5.19. The maximum absolute atomic E-state index is 14.0. The van der Waals surface area contributed by atoms with Crippen molar-refractivity contribution in [1.29, 1.82) is 0 Å². The van der Waals surface area contributed by atoms with E-state index >= 15 is 0 Å². The zero-order valence-corrected chi connectivity index (χ0v) is 18.1. The Kier molecular flexibility index (Phi) is 6.71. The highest BCUT2D eigenvalue weighted by Gasteiger charge is 2.23. The number of halogens is 1. The summed E-state index contributed by atoms with van der Waals surface area (Å²) in [6.45, 7) is 1.57. The lowest BCUT2D eigenvalue weighted by Crippen LogP contribution is -2.29. The normalized spacial score (nSPS) is 14.0. The summed E-state index contributed by atoms with van der Waals surface area (Å²) < 4.78 is 37.7. The van der Waals surface area contributed by atoms with Crippen LogP contribution in [-0.2, 0) is 14.8 Å². The van der Waals surface area contributed by atoms with Gasteiger partial charge < -0.3 is 11.5 Å². The van der Waals surface area contributed by atoms with Crippen molar-refractivity contribution >= 4 is 27.5 Å². The van der Waals surface area contributed by atoms with E-state index in [4.69, 9.17) is 16.6 Å². The largest absolute Gasteiger partial charge is 0.383 e. The number of primary amides is 1. The van der Waals surface area contributed by atoms with Gasteiger partial charge in [0.15, 0.2) is 6.17 Å². The third-order valence-corrected chi connectivity index (χ3v) is 6.01. The van der Waals surface area contributed by atoms with Gasteiger partial charge in [0, 0.05) is 17.0 Å². The molecule has 0 aliphatic carbocycles. The first kappa shape index (κ1) is 23.1. The topological polar surface area (TPSA) is 142 Å². The quantitative estimate of drug-likeness (QED) is 0.373. The van der Waals surface area contributed by atoms with Crippen molar-refractivity contribution in [1.82, 2.24) is 0 Å². The summed E-state index contributed by atoms with van der Waals surface area (Å²) in [6, 6.07) is 20.0. The number of nitrogens with zero attached hydrogens (tertiary/aromatic N) is 1. The molecule has 0 saturated heterocycles. The molecule has 3 aromatic rings. The number of primary sulfonamides is 1. The number of nitrogens with two attached hydrogens (primary N) is 3. The van der Waals surface area contributed by atoms with E-state index in [2.05, 4.69) is 4.99 Å². The van der Waals surface area contributed by atoms with E-state index < -0.39 is 28.0 Å². The average molecular weight is 455 g/mol. The molecule has 0 radical (unpaired) electrons. The molecule has 3 aromatic carbocycles. The summed E-state index contributed by atoms with van der Waals surface area (Å²) >= 11 is 0. The highest BCUT2D eigenvalue weighted by molar-refractivity contribution is 7.89. The Balaban J connectivity index is 1.88. The van der Waals surface area contributed by atoms with Crippen molar-refractivity contribution in [3.05, 3.63) is 83.9 Å². The van der Waals surface area contributed by atoms with E-state index in [1.54, 1.807) is 73.7 Å². The van der Waals surface area contributed by atoms with Crippen LogP contribution in [0.1, 0.15) is 24.0 Å². The molecule has 166 valence electrons. The lowest BCUT2D eigenvalue weighted by atomic mass is 9.94. The second kappa shape index (κ2) is 9.29. The molecule has 1 amide bonds. The van der Waals surface area contributed by atoms with Crippen LogP contribution in [0, 0.1) is 0 Å². The SMILES string of the molecule is CC(c1cccc(C(N)=Nc2ccc(-c3ccccc3S(N)(=O)=O)cc2)c1)C(F)C(N)=O. The Labute approximate surface area is 185 Å². The van der Waals surface area contributed by atoms with Crippen LogP contribution in [0.3, 0.4) is 0 Å². The lowest BCUT2D eigenvalue weighted by molar-refractivity contribution is -0.123. The van der Waals surface area contributed by atoms with Gasteiger partial charge in [0.25, 0.3) is 5.91 Å². The van der Waals surface area contributed by atoms with E-state index in [-0.39, 0.29) is 10.7 Å². The predicted molar refractivity (Wildman–Crippen MR) is 123 cm³/mol. The highest BCUT2D eigenvalue weighted by Crippen LogP contribution is 2.28. The fourth-order valence-electron chi connectivity index (χ4n) is 3.27. The molecular weight excluding hydrogens is 431 g/mol. The number of carbonyl (C=O) groups is 1. The predicted octanol–water partition coefficient (Wildman–Crippen LogP) is 2.96. The first-order valence-electron chi connectivity index (χ1n) is 9.68. The minimum absolute atomic E-state index is 0.0313. The van der Waals surface area contributed by atoms with Crippen LogP contribution in [0.25, 0.3) is 11.1 Å². The number of alkyl halides is 1. The van der Waals surface area contributed by atoms with Crippen LogP contribution >= 0.6 is 0 Å². The van der Waals surface area contributed by atoms with Gasteiger partial charge in [-0.25, -0.2) is 22.9 Å². The monoisotopic (exact) mass is 454 g/mol. The molecular formula is C23H23FN4O3S. The van der Waals surface area contributed by atoms with Crippen LogP contribution in [0.2, 0.25) is 0 Å². The smallest absolute Gasteiger partial charge is 0.252 e. The molecule has 3 rings (SSSR count). The van der Waals surface area contributed by atoms with Gasteiger partial charge in [-0.05, 0) is 35.4 Å². The Bertz CT molecular complexity index is 1270. The molecule has 0 saturated carbocycles. The van der Waals surface area contributed by atoms with Crippen LogP contribution in [0.15, 0.2) is 82.7 Å². The summed E-state index contributed by atoms with van der Waals surface area (Å²) in [7, 11) is -3.87. The summed E-state index contributed by atoms with van der Waals surface area (Å²) in [4.78, 5) is 15.6. The molecule has 0 aliphatic rings. The zero-order chi connectivity index (χ0) is 23.5. The number of hydrogen-bond acceptors (Lipinski definition) is 4. The maximum atomic E-state index is 14.0. The number of sulfonamides is 1. The standard InChI is InChI=1S/C23H23FN4O3S/c1-14(21(24)23(26)29)16-5-4-6-17(13-16)22(25)28-18-11-9-15(10-12-18)19-7-2-3-8-20(19)32(27,30)31/h2-14,21H,1H3,(H2,25,28)(H2,26,29)(H2,27,30,31). The fraction of sp³-hybridized carbons (Fsp3) is 0.130. The molecule has 2 atom stereocenters. The number of rotatable bonds is 7.